The molecule has 1 amide bonds. The third-order valence-corrected chi connectivity index (χ3v) is 5.84. The molecule has 122 valence electrons. The quantitative estimate of drug-likeness (QED) is 0.802. The zero-order chi connectivity index (χ0) is 17.3. The van der Waals surface area contributed by atoms with E-state index in [1.165, 1.54) is 33.0 Å². The fraction of sp³-hybridized carbons (Fsp3) is 0.429. The Morgan fingerprint density at radius 2 is 1.86 bits per heavy atom. The lowest BCUT2D eigenvalue weighted by atomic mass is 10.1. The van der Waals surface area contributed by atoms with Crippen LogP contribution in [-0.2, 0) is 21.2 Å². The van der Waals surface area contributed by atoms with Gasteiger partial charge in [0, 0.05) is 7.05 Å². The summed E-state index contributed by atoms with van der Waals surface area (Å²) in [6.07, 6.45) is 0.402. The molecule has 0 radical (unpaired) electrons. The maximum absolute atomic E-state index is 12.8. The number of carbonyl (C=O) groups is 2. The van der Waals surface area contributed by atoms with Gasteiger partial charge < -0.3 is 10.8 Å². The molecular formula is C14H20N2O5S. The number of rotatable bonds is 6. The van der Waals surface area contributed by atoms with Crippen molar-refractivity contribution in [2.24, 2.45) is 5.73 Å². The fourth-order valence-corrected chi connectivity index (χ4v) is 3.63. The molecular weight excluding hydrogens is 308 g/mol. The highest BCUT2D eigenvalue weighted by Crippen LogP contribution is 2.26. The van der Waals surface area contributed by atoms with Crippen LogP contribution in [0, 0.1) is 0 Å². The first-order valence-corrected chi connectivity index (χ1v) is 8.05. The van der Waals surface area contributed by atoms with E-state index < -0.39 is 27.4 Å². The minimum Gasteiger partial charge on any atom is -0.478 e. The molecule has 0 saturated carbocycles. The number of carbonyl (C=O) groups excluding carboxylic acids is 1. The first-order chi connectivity index (χ1) is 9.96. The number of carboxylic acids is 1. The molecule has 0 unspecified atom stereocenters. The molecule has 0 aromatic heterocycles. The highest BCUT2D eigenvalue weighted by atomic mass is 32.2. The van der Waals surface area contributed by atoms with Crippen molar-refractivity contribution in [3.8, 4) is 0 Å². The number of carboxylic acid groups (broad SMARTS) is 1. The Kier molecular flexibility index (Phi) is 4.99. The fourth-order valence-electron chi connectivity index (χ4n) is 1.82. The number of sulfonamides is 1. The second-order valence-corrected chi connectivity index (χ2v) is 7.31. The van der Waals surface area contributed by atoms with Crippen LogP contribution in [0.3, 0.4) is 0 Å². The van der Waals surface area contributed by atoms with Gasteiger partial charge in [0.1, 0.15) is 5.54 Å². The Morgan fingerprint density at radius 1 is 1.32 bits per heavy atom. The average molecular weight is 328 g/mol. The van der Waals surface area contributed by atoms with Crippen molar-refractivity contribution < 1.29 is 23.1 Å². The van der Waals surface area contributed by atoms with Crippen LogP contribution in [0.1, 0.15) is 36.7 Å². The van der Waals surface area contributed by atoms with Crippen LogP contribution in [-0.4, -0.2) is 42.3 Å². The van der Waals surface area contributed by atoms with Crippen LogP contribution in [0.5, 0.6) is 0 Å². The molecule has 0 aliphatic heterocycles. The molecule has 7 nitrogen and oxygen atoms in total. The van der Waals surface area contributed by atoms with Crippen LogP contribution in [0.2, 0.25) is 0 Å². The molecule has 0 atom stereocenters. The Morgan fingerprint density at radius 3 is 2.27 bits per heavy atom. The standard InChI is InChI=1S/C14H20N2O5S/c1-5-9-6-7-10(12(17)18)8-11(9)22(20,21)16(4)14(2,3)13(15)19/h6-8H,5H2,1-4H3,(H2,15,19)(H,17,18). The van der Waals surface area contributed by atoms with Gasteiger partial charge in [0.15, 0.2) is 0 Å². The summed E-state index contributed by atoms with van der Waals surface area (Å²) in [6, 6.07) is 3.91. The maximum atomic E-state index is 12.8. The van der Waals surface area contributed by atoms with E-state index in [9.17, 15) is 18.0 Å². The number of nitrogens with zero attached hydrogens (tertiary/aromatic N) is 1. The molecule has 0 aliphatic carbocycles. The number of aromatic carboxylic acids is 1. The molecule has 0 heterocycles. The second kappa shape index (κ2) is 6.05. The molecule has 1 rings (SSSR count). The van der Waals surface area contributed by atoms with Crippen molar-refractivity contribution in [1.29, 1.82) is 0 Å². The van der Waals surface area contributed by atoms with Gasteiger partial charge in [-0.05, 0) is 38.0 Å². The molecule has 3 N–H and O–H groups in total. The van der Waals surface area contributed by atoms with E-state index in [1.807, 2.05) is 0 Å². The monoisotopic (exact) mass is 328 g/mol. The molecule has 8 heteroatoms. The topological polar surface area (TPSA) is 118 Å². The number of benzene rings is 1. The van der Waals surface area contributed by atoms with Gasteiger partial charge in [0.05, 0.1) is 10.5 Å². The highest BCUT2D eigenvalue weighted by Gasteiger charge is 2.39. The number of amides is 1. The van der Waals surface area contributed by atoms with Gasteiger partial charge in [-0.3, -0.25) is 4.79 Å². The van der Waals surface area contributed by atoms with Crippen molar-refractivity contribution in [2.45, 2.75) is 37.6 Å². The largest absolute Gasteiger partial charge is 0.478 e. The van der Waals surface area contributed by atoms with E-state index >= 15 is 0 Å². The molecule has 1 aromatic carbocycles. The molecule has 22 heavy (non-hydrogen) atoms. The number of hydrogen-bond donors (Lipinski definition) is 2. The van der Waals surface area contributed by atoms with Gasteiger partial charge in [-0.1, -0.05) is 13.0 Å². The molecule has 0 fully saturated rings. The molecule has 0 saturated heterocycles. The summed E-state index contributed by atoms with van der Waals surface area (Å²) in [5.74, 6) is -2.03. The van der Waals surface area contributed by atoms with Crippen LogP contribution >= 0.6 is 0 Å². The summed E-state index contributed by atoms with van der Waals surface area (Å²) in [4.78, 5) is 22.4. The third kappa shape index (κ3) is 3.12. The minimum atomic E-state index is -4.07. The number of primary amides is 1. The van der Waals surface area contributed by atoms with E-state index in [0.717, 1.165) is 10.4 Å². The third-order valence-electron chi connectivity index (χ3n) is 3.72. The SMILES string of the molecule is CCc1ccc(C(=O)O)cc1S(=O)(=O)N(C)C(C)(C)C(N)=O. The highest BCUT2D eigenvalue weighted by molar-refractivity contribution is 7.89. The van der Waals surface area contributed by atoms with E-state index in [4.69, 9.17) is 10.8 Å². The zero-order valence-electron chi connectivity index (χ0n) is 13.0. The molecule has 0 aliphatic rings. The number of aryl methyl sites for hydroxylation is 1. The van der Waals surface area contributed by atoms with E-state index in [2.05, 4.69) is 0 Å². The first kappa shape index (κ1) is 18.1. The van der Waals surface area contributed by atoms with Gasteiger partial charge in [-0.15, -0.1) is 0 Å². The lowest BCUT2D eigenvalue weighted by molar-refractivity contribution is -0.125. The first-order valence-electron chi connectivity index (χ1n) is 6.61. The smallest absolute Gasteiger partial charge is 0.335 e. The van der Waals surface area contributed by atoms with Crippen molar-refractivity contribution in [1.82, 2.24) is 4.31 Å². The molecule has 1 aromatic rings. The van der Waals surface area contributed by atoms with Crippen molar-refractivity contribution in [2.75, 3.05) is 7.05 Å². The Hall–Kier alpha value is -1.93. The normalized spacial score (nSPS) is 12.4. The number of hydrogen-bond acceptors (Lipinski definition) is 4. The predicted octanol–water partition coefficient (Wildman–Crippen LogP) is 0.832. The van der Waals surface area contributed by atoms with E-state index in [-0.39, 0.29) is 10.5 Å². The van der Waals surface area contributed by atoms with Gasteiger partial charge in [-0.2, -0.15) is 4.31 Å². The molecule has 0 spiro atoms. The van der Waals surface area contributed by atoms with Gasteiger partial charge in [0.25, 0.3) is 0 Å². The summed E-state index contributed by atoms with van der Waals surface area (Å²) in [5.41, 5.74) is 4.15. The van der Waals surface area contributed by atoms with Gasteiger partial charge >= 0.3 is 5.97 Å². The summed E-state index contributed by atoms with van der Waals surface area (Å²) < 4.78 is 26.4. The molecule has 0 bridgehead atoms. The number of nitrogens with two attached hydrogens (primary N) is 1. The summed E-state index contributed by atoms with van der Waals surface area (Å²) in [5, 5.41) is 9.04. The Labute approximate surface area is 129 Å². The summed E-state index contributed by atoms with van der Waals surface area (Å²) in [6.45, 7) is 4.53. The summed E-state index contributed by atoms with van der Waals surface area (Å²) >= 11 is 0. The summed E-state index contributed by atoms with van der Waals surface area (Å²) in [7, 11) is -2.83. The van der Waals surface area contributed by atoms with Gasteiger partial charge in [-0.25, -0.2) is 13.2 Å². The predicted molar refractivity (Wildman–Crippen MR) is 81.0 cm³/mol. The number of likely N-dealkylation sites (N-methyl/N-ethyl adjacent to an activating group) is 1. The van der Waals surface area contributed by atoms with Crippen molar-refractivity contribution >= 4 is 21.9 Å². The van der Waals surface area contributed by atoms with Crippen LogP contribution in [0.15, 0.2) is 23.1 Å². The zero-order valence-corrected chi connectivity index (χ0v) is 13.8. The van der Waals surface area contributed by atoms with Crippen molar-refractivity contribution in [3.05, 3.63) is 29.3 Å². The van der Waals surface area contributed by atoms with E-state index in [1.54, 1.807) is 6.92 Å². The van der Waals surface area contributed by atoms with E-state index in [0.29, 0.717) is 12.0 Å². The van der Waals surface area contributed by atoms with Crippen LogP contribution in [0.25, 0.3) is 0 Å². The maximum Gasteiger partial charge on any atom is 0.335 e. The lowest BCUT2D eigenvalue weighted by Gasteiger charge is -2.32. The minimum absolute atomic E-state index is 0.133. The lowest BCUT2D eigenvalue weighted by Crippen LogP contribution is -2.53. The van der Waals surface area contributed by atoms with Crippen LogP contribution < -0.4 is 5.73 Å². The average Bonchev–Trinajstić information content (AvgIpc) is 2.45. The van der Waals surface area contributed by atoms with Gasteiger partial charge in [0.2, 0.25) is 15.9 Å². The Bertz CT molecular complexity index is 710. The second-order valence-electron chi connectivity index (χ2n) is 5.38. The van der Waals surface area contributed by atoms with Crippen LogP contribution in [0.4, 0.5) is 0 Å². The Balaban J connectivity index is 3.54. The van der Waals surface area contributed by atoms with Crippen molar-refractivity contribution in [3.63, 3.8) is 0 Å².